The second-order valence-electron chi connectivity index (χ2n) is 12.5. The van der Waals surface area contributed by atoms with Crippen molar-refractivity contribution in [1.29, 1.82) is 0 Å². The molecule has 1 aliphatic heterocycles. The lowest BCUT2D eigenvalue weighted by atomic mass is 9.99. The SMILES string of the molecule is COc1nc(-c2cccc(-c3cccc(Nc4nc(C(F)F)nc5c4c(=O)n(C)c(=O)n5C)c3Cl)c2Cl)cc2c1CC(O[C@@H]1COCC[C@H]1N)C2. The van der Waals surface area contributed by atoms with Gasteiger partial charge in [0, 0.05) is 55.4 Å². The van der Waals surface area contributed by atoms with Gasteiger partial charge < -0.3 is 25.3 Å². The summed E-state index contributed by atoms with van der Waals surface area (Å²) in [6.07, 6.45) is -1.35. The van der Waals surface area contributed by atoms with E-state index in [-0.39, 0.29) is 45.8 Å². The first-order valence-electron chi connectivity index (χ1n) is 16.1. The molecule has 0 amide bonds. The summed E-state index contributed by atoms with van der Waals surface area (Å²) in [5.74, 6) is -0.620. The molecule has 3 N–H and O–H groups in total. The Kier molecular flexibility index (Phi) is 9.54. The number of methoxy groups -OCH3 is 1. The minimum absolute atomic E-state index is 0.0851. The summed E-state index contributed by atoms with van der Waals surface area (Å²) in [4.78, 5) is 38.3. The van der Waals surface area contributed by atoms with E-state index in [1.807, 2.05) is 18.2 Å². The lowest BCUT2D eigenvalue weighted by Gasteiger charge is -2.30. The summed E-state index contributed by atoms with van der Waals surface area (Å²) in [5.41, 5.74) is 9.09. The van der Waals surface area contributed by atoms with Crippen LogP contribution in [0, 0.1) is 0 Å². The number of benzene rings is 2. The first-order valence-corrected chi connectivity index (χ1v) is 16.9. The first-order chi connectivity index (χ1) is 24.5. The van der Waals surface area contributed by atoms with E-state index < -0.39 is 23.5 Å². The third kappa shape index (κ3) is 6.35. The highest BCUT2D eigenvalue weighted by Gasteiger charge is 2.33. The average molecular weight is 741 g/mol. The van der Waals surface area contributed by atoms with Crippen molar-refractivity contribution in [3.05, 3.63) is 90.3 Å². The molecule has 3 aromatic heterocycles. The van der Waals surface area contributed by atoms with E-state index >= 15 is 0 Å². The van der Waals surface area contributed by atoms with Crippen molar-refractivity contribution in [2.75, 3.05) is 25.6 Å². The van der Waals surface area contributed by atoms with Crippen molar-refractivity contribution in [3.63, 3.8) is 0 Å². The summed E-state index contributed by atoms with van der Waals surface area (Å²) in [5, 5.41) is 3.31. The van der Waals surface area contributed by atoms with Crippen LogP contribution in [0.3, 0.4) is 0 Å². The molecule has 1 aliphatic carbocycles. The highest BCUT2D eigenvalue weighted by molar-refractivity contribution is 6.39. The largest absolute Gasteiger partial charge is 0.481 e. The number of fused-ring (bicyclic) bond motifs is 2. The van der Waals surface area contributed by atoms with Gasteiger partial charge in [-0.3, -0.25) is 13.9 Å². The third-order valence-electron chi connectivity index (χ3n) is 9.30. The third-order valence-corrected chi connectivity index (χ3v) is 10.1. The van der Waals surface area contributed by atoms with Crippen LogP contribution in [0.1, 0.15) is 29.8 Å². The van der Waals surface area contributed by atoms with Crippen molar-refractivity contribution in [3.8, 4) is 28.3 Å². The minimum atomic E-state index is -3.08. The van der Waals surface area contributed by atoms with Crippen LogP contribution in [0.25, 0.3) is 33.4 Å². The van der Waals surface area contributed by atoms with Gasteiger partial charge in [0.2, 0.25) is 5.88 Å². The molecule has 1 unspecified atom stereocenters. The number of halogens is 4. The van der Waals surface area contributed by atoms with Gasteiger partial charge in [-0.15, -0.1) is 0 Å². The zero-order chi connectivity index (χ0) is 36.1. The lowest BCUT2D eigenvalue weighted by Crippen LogP contribution is -2.46. The average Bonchev–Trinajstić information content (AvgIpc) is 3.53. The van der Waals surface area contributed by atoms with Crippen LogP contribution in [0.2, 0.25) is 10.0 Å². The van der Waals surface area contributed by atoms with E-state index in [4.69, 9.17) is 48.1 Å². The number of hydrogen-bond donors (Lipinski definition) is 2. The molecule has 0 saturated carbocycles. The molecule has 2 aliphatic rings. The maximum absolute atomic E-state index is 13.9. The highest BCUT2D eigenvalue weighted by atomic mass is 35.5. The smallest absolute Gasteiger partial charge is 0.332 e. The summed E-state index contributed by atoms with van der Waals surface area (Å²) in [7, 11) is 4.18. The predicted molar refractivity (Wildman–Crippen MR) is 189 cm³/mol. The molecule has 1 saturated heterocycles. The zero-order valence-electron chi connectivity index (χ0n) is 27.8. The summed E-state index contributed by atoms with van der Waals surface area (Å²) < 4.78 is 47.3. The number of aromatic nitrogens is 5. The molecule has 0 radical (unpaired) electrons. The fraction of sp³-hybridized carbons (Fsp3) is 0.343. The molecular weight excluding hydrogens is 707 g/mol. The van der Waals surface area contributed by atoms with E-state index in [9.17, 15) is 18.4 Å². The number of nitrogens with zero attached hydrogens (tertiary/aromatic N) is 5. The van der Waals surface area contributed by atoms with Crippen molar-refractivity contribution >= 4 is 45.7 Å². The van der Waals surface area contributed by atoms with Crippen LogP contribution in [-0.4, -0.2) is 62.7 Å². The Morgan fingerprint density at radius 1 is 1.00 bits per heavy atom. The molecule has 7 rings (SSSR count). The van der Waals surface area contributed by atoms with E-state index in [2.05, 4.69) is 15.3 Å². The number of rotatable bonds is 8. The molecule has 0 spiro atoms. The van der Waals surface area contributed by atoms with Crippen molar-refractivity contribution in [2.45, 2.75) is 43.9 Å². The number of aryl methyl sites for hydroxylation is 1. The normalized spacial score (nSPS) is 18.7. The number of pyridine rings is 1. The van der Waals surface area contributed by atoms with Gasteiger partial charge in [-0.25, -0.2) is 28.5 Å². The summed E-state index contributed by atoms with van der Waals surface area (Å²) >= 11 is 14.1. The maximum Gasteiger partial charge on any atom is 0.332 e. The topological polar surface area (TPSA) is 148 Å². The molecule has 2 aromatic carbocycles. The van der Waals surface area contributed by atoms with Crippen LogP contribution in [-0.2, 0) is 36.4 Å². The Labute approximate surface area is 300 Å². The standard InChI is InChI=1S/C35H33Cl2F2N7O5/c1-45-32-26(34(47)46(2)35(45)48)30(43-31(44-32)29(38)39)41-23-9-5-7-19(28(23)37)18-6-4-8-20(27(18)36)24-13-16-12-17(14-21(16)33(42-24)49-3)51-25-15-50-11-10-22(25)40/h4-9,13,17,22,25,29H,10-12,14-15,40H2,1-3H3,(H,41,43,44)/t17?,22-,25-/m1/s1. The summed E-state index contributed by atoms with van der Waals surface area (Å²) in [6.45, 7) is 1.09. The molecule has 0 bridgehead atoms. The second-order valence-corrected chi connectivity index (χ2v) is 13.2. The fourth-order valence-corrected chi connectivity index (χ4v) is 7.23. The van der Waals surface area contributed by atoms with Crippen LogP contribution in [0.5, 0.6) is 5.88 Å². The molecule has 266 valence electrons. The highest BCUT2D eigenvalue weighted by Crippen LogP contribution is 2.43. The zero-order valence-corrected chi connectivity index (χ0v) is 29.3. The monoisotopic (exact) mass is 739 g/mol. The Hall–Kier alpha value is -4.47. The molecule has 16 heteroatoms. The molecule has 3 atom stereocenters. The van der Waals surface area contributed by atoms with E-state index in [1.54, 1.807) is 31.4 Å². The predicted octanol–water partition coefficient (Wildman–Crippen LogP) is 5.35. The Morgan fingerprint density at radius 2 is 1.73 bits per heavy atom. The molecule has 12 nitrogen and oxygen atoms in total. The molecule has 51 heavy (non-hydrogen) atoms. The Balaban J connectivity index is 1.24. The van der Waals surface area contributed by atoms with Gasteiger partial charge in [-0.05, 0) is 30.5 Å². The summed E-state index contributed by atoms with van der Waals surface area (Å²) in [6, 6.07) is 12.4. The van der Waals surface area contributed by atoms with Crippen molar-refractivity contribution in [1.82, 2.24) is 24.1 Å². The molecule has 4 heterocycles. The van der Waals surface area contributed by atoms with Crippen LogP contribution < -0.4 is 27.0 Å². The van der Waals surface area contributed by atoms with Gasteiger partial charge in [0.05, 0.1) is 47.4 Å². The van der Waals surface area contributed by atoms with Gasteiger partial charge in [-0.1, -0.05) is 53.5 Å². The van der Waals surface area contributed by atoms with Gasteiger partial charge in [0.15, 0.2) is 11.5 Å². The quantitative estimate of drug-likeness (QED) is 0.213. The van der Waals surface area contributed by atoms with E-state index in [0.29, 0.717) is 59.3 Å². The first kappa shape index (κ1) is 35.0. The fourth-order valence-electron chi connectivity index (χ4n) is 6.63. The number of alkyl halides is 2. The molecular formula is C35H33Cl2F2N7O5. The van der Waals surface area contributed by atoms with Crippen LogP contribution in [0.15, 0.2) is 52.1 Å². The number of nitrogens with two attached hydrogens (primary N) is 1. The number of nitrogens with one attached hydrogen (secondary N) is 1. The lowest BCUT2D eigenvalue weighted by molar-refractivity contribution is -0.0901. The van der Waals surface area contributed by atoms with Gasteiger partial charge in [0.25, 0.3) is 12.0 Å². The van der Waals surface area contributed by atoms with Gasteiger partial charge in [-0.2, -0.15) is 0 Å². The van der Waals surface area contributed by atoms with E-state index in [1.165, 1.54) is 14.1 Å². The van der Waals surface area contributed by atoms with Crippen molar-refractivity contribution in [2.24, 2.45) is 19.8 Å². The Morgan fingerprint density at radius 3 is 2.45 bits per heavy atom. The van der Waals surface area contributed by atoms with Gasteiger partial charge in [0.1, 0.15) is 11.2 Å². The van der Waals surface area contributed by atoms with E-state index in [0.717, 1.165) is 26.7 Å². The number of ether oxygens (including phenoxy) is 3. The molecule has 5 aromatic rings. The Bertz CT molecular complexity index is 2300. The second kappa shape index (κ2) is 13.9. The van der Waals surface area contributed by atoms with Crippen LogP contribution in [0.4, 0.5) is 20.3 Å². The maximum atomic E-state index is 13.9. The van der Waals surface area contributed by atoms with Crippen LogP contribution >= 0.6 is 23.2 Å². The molecule has 1 fully saturated rings. The number of hydrogen-bond acceptors (Lipinski definition) is 10. The number of anilines is 2. The van der Waals surface area contributed by atoms with Crippen molar-refractivity contribution < 1.29 is 23.0 Å². The minimum Gasteiger partial charge on any atom is -0.481 e. The van der Waals surface area contributed by atoms with Gasteiger partial charge >= 0.3 is 5.69 Å².